The van der Waals surface area contributed by atoms with E-state index in [0.29, 0.717) is 12.0 Å². The zero-order valence-corrected chi connectivity index (χ0v) is 18.5. The normalized spacial score (nSPS) is 14.3. The van der Waals surface area contributed by atoms with Crippen LogP contribution in [0, 0.1) is 12.8 Å². The Morgan fingerprint density at radius 3 is 2.34 bits per heavy atom. The number of benzene rings is 2. The van der Waals surface area contributed by atoms with E-state index in [1.807, 2.05) is 44.2 Å². The lowest BCUT2D eigenvalue weighted by molar-refractivity contribution is 0.116. The molecule has 0 aliphatic carbocycles. The summed E-state index contributed by atoms with van der Waals surface area (Å²) in [5.41, 5.74) is 7.51. The highest BCUT2D eigenvalue weighted by Gasteiger charge is 2.31. The standard InChI is InChI=1S/C21H29ClN2O4S/c1-14(2)12-24(13-20(26)18(23)10-16-7-5-4-6-8-16)29(27,28)21-11-17(22)19(25)9-15(21)3/h4-9,11,14,18,20,25-26H,10,12-13,23H2,1-3H3. The van der Waals surface area contributed by atoms with Gasteiger partial charge in [0.25, 0.3) is 0 Å². The summed E-state index contributed by atoms with van der Waals surface area (Å²) >= 11 is 5.95. The van der Waals surface area contributed by atoms with Crippen molar-refractivity contribution in [3.63, 3.8) is 0 Å². The van der Waals surface area contributed by atoms with Crippen LogP contribution in [0.25, 0.3) is 0 Å². The second-order valence-electron chi connectivity index (χ2n) is 7.71. The molecular weight excluding hydrogens is 412 g/mol. The number of phenolic OH excluding ortho intramolecular Hbond substituents is 1. The first-order chi connectivity index (χ1) is 13.5. The van der Waals surface area contributed by atoms with E-state index in [4.69, 9.17) is 17.3 Å². The Bertz CT molecular complexity index is 920. The number of rotatable bonds is 9. The van der Waals surface area contributed by atoms with Crippen molar-refractivity contribution >= 4 is 21.6 Å². The van der Waals surface area contributed by atoms with Gasteiger partial charge >= 0.3 is 0 Å². The number of nitrogens with two attached hydrogens (primary N) is 1. The maximum absolute atomic E-state index is 13.3. The molecule has 0 aliphatic rings. The van der Waals surface area contributed by atoms with E-state index < -0.39 is 22.2 Å². The Balaban J connectivity index is 2.27. The van der Waals surface area contributed by atoms with Crippen molar-refractivity contribution in [1.82, 2.24) is 4.31 Å². The first-order valence-corrected chi connectivity index (χ1v) is 11.3. The Morgan fingerprint density at radius 1 is 1.14 bits per heavy atom. The molecule has 160 valence electrons. The summed E-state index contributed by atoms with van der Waals surface area (Å²) in [5.74, 6) is -0.140. The number of nitrogens with zero attached hydrogens (tertiary/aromatic N) is 1. The molecule has 0 radical (unpaired) electrons. The summed E-state index contributed by atoms with van der Waals surface area (Å²) in [5, 5.41) is 20.3. The first-order valence-electron chi connectivity index (χ1n) is 9.49. The lowest BCUT2D eigenvalue weighted by Gasteiger charge is -2.29. The van der Waals surface area contributed by atoms with Crippen LogP contribution in [0.5, 0.6) is 5.75 Å². The molecule has 4 N–H and O–H groups in total. The fraction of sp³-hybridized carbons (Fsp3) is 0.429. The quantitative estimate of drug-likeness (QED) is 0.556. The predicted octanol–water partition coefficient (Wildman–Crippen LogP) is 2.93. The minimum absolute atomic E-state index is 0.00443. The SMILES string of the molecule is Cc1cc(O)c(Cl)cc1S(=O)(=O)N(CC(C)C)CC(O)C(N)Cc1ccccc1. The molecule has 0 aromatic heterocycles. The highest BCUT2D eigenvalue weighted by Crippen LogP contribution is 2.31. The third-order valence-electron chi connectivity index (χ3n) is 4.63. The summed E-state index contributed by atoms with van der Waals surface area (Å²) in [6, 6.07) is 11.4. The van der Waals surface area contributed by atoms with Gasteiger partial charge in [0.1, 0.15) is 5.75 Å². The van der Waals surface area contributed by atoms with Crippen LogP contribution in [0.2, 0.25) is 5.02 Å². The van der Waals surface area contributed by atoms with Crippen LogP contribution in [-0.4, -0.2) is 48.2 Å². The number of aliphatic hydroxyl groups is 1. The summed E-state index contributed by atoms with van der Waals surface area (Å²) in [6.07, 6.45) is -0.613. The van der Waals surface area contributed by atoms with E-state index in [1.54, 1.807) is 6.92 Å². The highest BCUT2D eigenvalue weighted by molar-refractivity contribution is 7.89. The van der Waals surface area contributed by atoms with Crippen LogP contribution in [0.4, 0.5) is 0 Å². The average molecular weight is 441 g/mol. The van der Waals surface area contributed by atoms with Crippen LogP contribution < -0.4 is 5.73 Å². The van der Waals surface area contributed by atoms with Gasteiger partial charge < -0.3 is 15.9 Å². The zero-order chi connectivity index (χ0) is 21.8. The van der Waals surface area contributed by atoms with E-state index in [2.05, 4.69) is 0 Å². The molecule has 0 fully saturated rings. The van der Waals surface area contributed by atoms with E-state index in [-0.39, 0.29) is 34.7 Å². The molecule has 0 aliphatic heterocycles. The van der Waals surface area contributed by atoms with Crippen LogP contribution in [-0.2, 0) is 16.4 Å². The van der Waals surface area contributed by atoms with E-state index in [0.717, 1.165) is 5.56 Å². The third kappa shape index (κ3) is 6.17. The Hall–Kier alpha value is -1.64. The molecule has 0 amide bonds. The number of aliphatic hydroxyl groups excluding tert-OH is 1. The van der Waals surface area contributed by atoms with Gasteiger partial charge in [-0.25, -0.2) is 8.42 Å². The topological polar surface area (TPSA) is 104 Å². The molecule has 6 nitrogen and oxygen atoms in total. The molecular formula is C21H29ClN2O4S. The molecule has 2 aromatic rings. The Kier molecular flexibility index (Phi) is 8.08. The summed E-state index contributed by atoms with van der Waals surface area (Å²) < 4.78 is 27.8. The van der Waals surface area contributed by atoms with Crippen LogP contribution in [0.15, 0.2) is 47.4 Å². The van der Waals surface area contributed by atoms with Crippen molar-refractivity contribution in [1.29, 1.82) is 0 Å². The van der Waals surface area contributed by atoms with Gasteiger partial charge in [-0.15, -0.1) is 0 Å². The van der Waals surface area contributed by atoms with Crippen molar-refractivity contribution in [2.75, 3.05) is 13.1 Å². The third-order valence-corrected chi connectivity index (χ3v) is 6.91. The largest absolute Gasteiger partial charge is 0.506 e. The van der Waals surface area contributed by atoms with Crippen LogP contribution in [0.1, 0.15) is 25.0 Å². The van der Waals surface area contributed by atoms with Crippen molar-refractivity contribution in [2.24, 2.45) is 11.7 Å². The molecule has 0 saturated carbocycles. The predicted molar refractivity (Wildman–Crippen MR) is 116 cm³/mol. The summed E-state index contributed by atoms with van der Waals surface area (Å²) in [4.78, 5) is 0.00443. The molecule has 2 aromatic carbocycles. The Labute approximate surface area is 178 Å². The second kappa shape index (κ2) is 9.91. The molecule has 29 heavy (non-hydrogen) atoms. The van der Waals surface area contributed by atoms with Crippen LogP contribution in [0.3, 0.4) is 0 Å². The van der Waals surface area contributed by atoms with Gasteiger partial charge in [-0.2, -0.15) is 4.31 Å². The van der Waals surface area contributed by atoms with Crippen LogP contribution >= 0.6 is 11.6 Å². The summed E-state index contributed by atoms with van der Waals surface area (Å²) in [6.45, 7) is 5.47. The molecule has 0 heterocycles. The smallest absolute Gasteiger partial charge is 0.243 e. The van der Waals surface area contributed by atoms with Gasteiger partial charge in [0.05, 0.1) is 16.0 Å². The molecule has 2 unspecified atom stereocenters. The van der Waals surface area contributed by atoms with Crippen molar-refractivity contribution in [2.45, 2.75) is 44.2 Å². The number of halogens is 1. The average Bonchev–Trinajstić information content (AvgIpc) is 2.64. The monoisotopic (exact) mass is 440 g/mol. The van der Waals surface area contributed by atoms with Gasteiger partial charge in [-0.05, 0) is 42.5 Å². The fourth-order valence-corrected chi connectivity index (χ4v) is 5.19. The number of sulfonamides is 1. The number of aromatic hydroxyl groups is 1. The van der Waals surface area contributed by atoms with Gasteiger partial charge in [-0.1, -0.05) is 55.8 Å². The molecule has 2 rings (SSSR count). The number of aryl methyl sites for hydroxylation is 1. The lowest BCUT2D eigenvalue weighted by Crippen LogP contribution is -2.47. The number of hydrogen-bond donors (Lipinski definition) is 3. The van der Waals surface area contributed by atoms with Crippen molar-refractivity contribution in [3.05, 3.63) is 58.6 Å². The van der Waals surface area contributed by atoms with Gasteiger partial charge in [0, 0.05) is 19.1 Å². The first kappa shape index (κ1) is 23.6. The van der Waals surface area contributed by atoms with E-state index in [1.165, 1.54) is 16.4 Å². The minimum atomic E-state index is -3.95. The highest BCUT2D eigenvalue weighted by atomic mass is 35.5. The minimum Gasteiger partial charge on any atom is -0.506 e. The van der Waals surface area contributed by atoms with Gasteiger partial charge in [0.15, 0.2) is 0 Å². The lowest BCUT2D eigenvalue weighted by atomic mass is 10.0. The fourth-order valence-electron chi connectivity index (χ4n) is 3.11. The summed E-state index contributed by atoms with van der Waals surface area (Å²) in [7, 11) is -3.95. The maximum Gasteiger partial charge on any atom is 0.243 e. The molecule has 2 atom stereocenters. The molecule has 0 bridgehead atoms. The number of hydrogen-bond acceptors (Lipinski definition) is 5. The van der Waals surface area contributed by atoms with Gasteiger partial charge in [0.2, 0.25) is 10.0 Å². The molecule has 0 saturated heterocycles. The number of phenols is 1. The van der Waals surface area contributed by atoms with Gasteiger partial charge in [-0.3, -0.25) is 0 Å². The zero-order valence-electron chi connectivity index (χ0n) is 16.9. The van der Waals surface area contributed by atoms with Crippen molar-refractivity contribution < 1.29 is 18.6 Å². The Morgan fingerprint density at radius 2 is 1.76 bits per heavy atom. The molecule has 8 heteroatoms. The van der Waals surface area contributed by atoms with Crippen molar-refractivity contribution in [3.8, 4) is 5.75 Å². The van der Waals surface area contributed by atoms with E-state index in [9.17, 15) is 18.6 Å². The molecule has 0 spiro atoms. The second-order valence-corrected chi connectivity index (χ2v) is 10.0. The van der Waals surface area contributed by atoms with E-state index >= 15 is 0 Å². The maximum atomic E-state index is 13.3.